The van der Waals surface area contributed by atoms with Gasteiger partial charge in [0.2, 0.25) is 0 Å². The van der Waals surface area contributed by atoms with Crippen LogP contribution in [0, 0.1) is 5.92 Å². The van der Waals surface area contributed by atoms with Crippen LogP contribution in [0.4, 0.5) is 0 Å². The maximum absolute atomic E-state index is 6.26. The molecule has 0 spiro atoms. The minimum Gasteiger partial charge on any atom is -0.327 e. The van der Waals surface area contributed by atoms with Crippen LogP contribution in [0.3, 0.4) is 0 Å². The third kappa shape index (κ3) is 3.19. The highest BCUT2D eigenvalue weighted by atomic mass is 15.2. The Hall–Kier alpha value is -0.120. The predicted molar refractivity (Wildman–Crippen MR) is 68.5 cm³/mol. The Morgan fingerprint density at radius 1 is 1.06 bits per heavy atom. The summed E-state index contributed by atoms with van der Waals surface area (Å²) in [5.74, 6) is 0.701. The molecule has 2 aliphatic rings. The van der Waals surface area contributed by atoms with Gasteiger partial charge >= 0.3 is 0 Å². The van der Waals surface area contributed by atoms with E-state index in [0.29, 0.717) is 12.0 Å². The average molecular weight is 225 g/mol. The van der Waals surface area contributed by atoms with Gasteiger partial charge < -0.3 is 15.5 Å². The Balaban J connectivity index is 1.81. The molecule has 3 heteroatoms. The molecule has 0 aliphatic carbocycles. The van der Waals surface area contributed by atoms with E-state index in [-0.39, 0.29) is 0 Å². The number of hydrogen-bond acceptors (Lipinski definition) is 3. The molecule has 2 rings (SSSR count). The lowest BCUT2D eigenvalue weighted by Gasteiger charge is -2.39. The highest BCUT2D eigenvalue weighted by Gasteiger charge is 2.27. The number of nitrogens with two attached hydrogens (primary N) is 1. The van der Waals surface area contributed by atoms with Crippen LogP contribution in [-0.4, -0.2) is 55.1 Å². The van der Waals surface area contributed by atoms with Crippen LogP contribution >= 0.6 is 0 Å². The van der Waals surface area contributed by atoms with Gasteiger partial charge in [-0.3, -0.25) is 0 Å². The third-order valence-corrected chi connectivity index (χ3v) is 4.27. The first kappa shape index (κ1) is 12.3. The summed E-state index contributed by atoms with van der Waals surface area (Å²) in [5.41, 5.74) is 6.26. The Labute approximate surface area is 100.0 Å². The van der Waals surface area contributed by atoms with Gasteiger partial charge in [0, 0.05) is 19.1 Å². The van der Waals surface area contributed by atoms with Crippen LogP contribution < -0.4 is 5.73 Å². The number of nitrogens with zero attached hydrogens (tertiary/aromatic N) is 2. The molecule has 0 radical (unpaired) electrons. The Morgan fingerprint density at radius 2 is 1.81 bits per heavy atom. The number of piperidine rings is 2. The van der Waals surface area contributed by atoms with Crippen LogP contribution in [-0.2, 0) is 0 Å². The van der Waals surface area contributed by atoms with Gasteiger partial charge in [0.05, 0.1) is 0 Å². The number of rotatable bonds is 3. The van der Waals surface area contributed by atoms with Crippen LogP contribution in [0.25, 0.3) is 0 Å². The van der Waals surface area contributed by atoms with Crippen molar-refractivity contribution in [2.75, 3.05) is 39.3 Å². The normalized spacial score (nSPS) is 34.1. The zero-order chi connectivity index (χ0) is 11.4. The van der Waals surface area contributed by atoms with E-state index in [2.05, 4.69) is 16.7 Å². The van der Waals surface area contributed by atoms with Crippen molar-refractivity contribution >= 4 is 0 Å². The lowest BCUT2D eigenvalue weighted by molar-refractivity contribution is 0.111. The van der Waals surface area contributed by atoms with E-state index >= 15 is 0 Å². The van der Waals surface area contributed by atoms with Gasteiger partial charge in [0.15, 0.2) is 0 Å². The quantitative estimate of drug-likeness (QED) is 0.782. The second-order valence-electron chi connectivity index (χ2n) is 5.47. The van der Waals surface area contributed by atoms with Crippen molar-refractivity contribution in [2.45, 2.75) is 38.6 Å². The fourth-order valence-corrected chi connectivity index (χ4v) is 3.08. The van der Waals surface area contributed by atoms with Gasteiger partial charge in [-0.15, -0.1) is 0 Å². The van der Waals surface area contributed by atoms with Crippen LogP contribution in [0.15, 0.2) is 0 Å². The molecule has 0 aromatic carbocycles. The molecular formula is C13H27N3. The smallest absolute Gasteiger partial charge is 0.0104 e. The standard InChI is InChI=1S/C13H27N3/c1-2-15-9-6-13(14)12(10-15)11-16-7-4-3-5-8-16/h12-13H,2-11,14H2,1H3. The molecule has 0 saturated carbocycles. The summed E-state index contributed by atoms with van der Waals surface area (Å²) in [4.78, 5) is 5.19. The van der Waals surface area contributed by atoms with Crippen molar-refractivity contribution < 1.29 is 0 Å². The summed E-state index contributed by atoms with van der Waals surface area (Å²) in [7, 11) is 0. The Bertz CT molecular complexity index is 201. The summed E-state index contributed by atoms with van der Waals surface area (Å²) < 4.78 is 0. The molecule has 16 heavy (non-hydrogen) atoms. The van der Waals surface area contributed by atoms with Crippen LogP contribution in [0.1, 0.15) is 32.6 Å². The molecule has 0 bridgehead atoms. The van der Waals surface area contributed by atoms with Gasteiger partial charge in [-0.2, -0.15) is 0 Å². The van der Waals surface area contributed by atoms with Crippen LogP contribution in [0.5, 0.6) is 0 Å². The summed E-state index contributed by atoms with van der Waals surface area (Å²) in [6, 6.07) is 0.435. The number of likely N-dealkylation sites (tertiary alicyclic amines) is 2. The summed E-state index contributed by atoms with van der Waals surface area (Å²) in [6.45, 7) is 9.70. The first-order chi connectivity index (χ1) is 7.79. The molecular weight excluding hydrogens is 198 g/mol. The highest BCUT2D eigenvalue weighted by molar-refractivity contribution is 4.85. The summed E-state index contributed by atoms with van der Waals surface area (Å²) >= 11 is 0. The first-order valence-electron chi connectivity index (χ1n) is 7.00. The van der Waals surface area contributed by atoms with Crippen molar-refractivity contribution in [3.05, 3.63) is 0 Å². The molecule has 2 unspecified atom stereocenters. The molecule has 2 fully saturated rings. The Morgan fingerprint density at radius 3 is 2.50 bits per heavy atom. The van der Waals surface area contributed by atoms with Gasteiger partial charge in [-0.05, 0) is 51.4 Å². The summed E-state index contributed by atoms with van der Waals surface area (Å²) in [5, 5.41) is 0. The third-order valence-electron chi connectivity index (χ3n) is 4.27. The van der Waals surface area contributed by atoms with Gasteiger partial charge in [-0.1, -0.05) is 13.3 Å². The maximum atomic E-state index is 6.26. The minimum atomic E-state index is 0.435. The molecule has 2 heterocycles. The van der Waals surface area contributed by atoms with Crippen LogP contribution in [0.2, 0.25) is 0 Å². The second kappa shape index (κ2) is 5.99. The molecule has 0 aromatic rings. The zero-order valence-electron chi connectivity index (χ0n) is 10.7. The molecule has 2 atom stereocenters. The minimum absolute atomic E-state index is 0.435. The molecule has 2 N–H and O–H groups in total. The number of hydrogen-bond donors (Lipinski definition) is 1. The van der Waals surface area contributed by atoms with Crippen molar-refractivity contribution in [3.8, 4) is 0 Å². The van der Waals surface area contributed by atoms with E-state index < -0.39 is 0 Å². The first-order valence-corrected chi connectivity index (χ1v) is 7.00. The fourth-order valence-electron chi connectivity index (χ4n) is 3.08. The van der Waals surface area contributed by atoms with E-state index in [1.807, 2.05) is 0 Å². The molecule has 0 aromatic heterocycles. The monoisotopic (exact) mass is 225 g/mol. The molecule has 2 saturated heterocycles. The lowest BCUT2D eigenvalue weighted by Crippen LogP contribution is -2.51. The van der Waals surface area contributed by atoms with Crippen molar-refractivity contribution in [1.82, 2.24) is 9.80 Å². The van der Waals surface area contributed by atoms with Gasteiger partial charge in [0.1, 0.15) is 0 Å². The fraction of sp³-hybridized carbons (Fsp3) is 1.00. The molecule has 0 amide bonds. The predicted octanol–water partition coefficient (Wildman–Crippen LogP) is 1.14. The summed E-state index contributed by atoms with van der Waals surface area (Å²) in [6.07, 6.45) is 5.39. The molecule has 2 aliphatic heterocycles. The Kier molecular flexibility index (Phi) is 4.62. The van der Waals surface area contributed by atoms with Gasteiger partial charge in [0.25, 0.3) is 0 Å². The van der Waals surface area contributed by atoms with E-state index in [0.717, 1.165) is 0 Å². The second-order valence-corrected chi connectivity index (χ2v) is 5.47. The average Bonchev–Trinajstić information content (AvgIpc) is 2.33. The van der Waals surface area contributed by atoms with Crippen molar-refractivity contribution in [1.29, 1.82) is 0 Å². The topological polar surface area (TPSA) is 32.5 Å². The van der Waals surface area contributed by atoms with E-state index in [1.54, 1.807) is 0 Å². The van der Waals surface area contributed by atoms with Gasteiger partial charge in [-0.25, -0.2) is 0 Å². The van der Waals surface area contributed by atoms with Crippen molar-refractivity contribution in [3.63, 3.8) is 0 Å². The van der Waals surface area contributed by atoms with E-state index in [9.17, 15) is 0 Å². The largest absolute Gasteiger partial charge is 0.327 e. The maximum Gasteiger partial charge on any atom is 0.0104 e. The van der Waals surface area contributed by atoms with E-state index in [1.165, 1.54) is 65.0 Å². The molecule has 94 valence electrons. The van der Waals surface area contributed by atoms with E-state index in [4.69, 9.17) is 5.73 Å². The van der Waals surface area contributed by atoms with Crippen molar-refractivity contribution in [2.24, 2.45) is 11.7 Å². The SMILES string of the molecule is CCN1CCC(N)C(CN2CCCCC2)C1. The highest BCUT2D eigenvalue weighted by Crippen LogP contribution is 2.18. The molecule has 3 nitrogen and oxygen atoms in total. The zero-order valence-corrected chi connectivity index (χ0v) is 10.7. The lowest BCUT2D eigenvalue weighted by atomic mass is 9.91.